The van der Waals surface area contributed by atoms with Crippen LogP contribution < -0.4 is 19.7 Å². The molecule has 1 saturated heterocycles. The van der Waals surface area contributed by atoms with Crippen molar-refractivity contribution >= 4 is 34.7 Å². The highest BCUT2D eigenvalue weighted by molar-refractivity contribution is 6.51. The van der Waals surface area contributed by atoms with Gasteiger partial charge in [-0.1, -0.05) is 32.0 Å². The van der Waals surface area contributed by atoms with Crippen LogP contribution in [0.25, 0.3) is 5.76 Å². The molecule has 1 aliphatic rings. The molecule has 8 heteroatoms. The number of ketones is 1. The summed E-state index contributed by atoms with van der Waals surface area (Å²) in [5, 5.41) is 14.1. The fourth-order valence-corrected chi connectivity index (χ4v) is 4.29. The Kier molecular flexibility index (Phi) is 7.81. The number of carbonyl (C=O) groups is 3. The molecule has 2 N–H and O–H groups in total. The fourth-order valence-electron chi connectivity index (χ4n) is 4.29. The third-order valence-corrected chi connectivity index (χ3v) is 6.01. The molecule has 3 aromatic rings. The van der Waals surface area contributed by atoms with Crippen molar-refractivity contribution in [3.63, 3.8) is 0 Å². The summed E-state index contributed by atoms with van der Waals surface area (Å²) in [5.74, 6) is -0.661. The van der Waals surface area contributed by atoms with Crippen molar-refractivity contribution in [3.8, 4) is 11.5 Å². The predicted molar refractivity (Wildman–Crippen MR) is 145 cm³/mol. The average molecular weight is 515 g/mol. The minimum absolute atomic E-state index is 0.0518. The van der Waals surface area contributed by atoms with Crippen LogP contribution in [0.15, 0.2) is 78.4 Å². The Labute approximate surface area is 221 Å². The first-order valence-corrected chi connectivity index (χ1v) is 12.3. The summed E-state index contributed by atoms with van der Waals surface area (Å²) < 4.78 is 11.1. The van der Waals surface area contributed by atoms with Crippen LogP contribution in [0.4, 0.5) is 11.4 Å². The number of hydrogen-bond donors (Lipinski definition) is 2. The summed E-state index contributed by atoms with van der Waals surface area (Å²) in [6.45, 7) is 6.02. The van der Waals surface area contributed by atoms with Crippen LogP contribution in [0, 0.1) is 5.92 Å². The molecule has 0 bridgehead atoms. The van der Waals surface area contributed by atoms with Crippen molar-refractivity contribution in [2.75, 3.05) is 23.9 Å². The Hall–Kier alpha value is -4.59. The van der Waals surface area contributed by atoms with Crippen molar-refractivity contribution < 1.29 is 29.0 Å². The fraction of sp³-hybridized carbons (Fsp3) is 0.233. The lowest BCUT2D eigenvalue weighted by Crippen LogP contribution is -2.29. The number of methoxy groups -OCH3 is 1. The van der Waals surface area contributed by atoms with Gasteiger partial charge >= 0.3 is 0 Å². The zero-order valence-corrected chi connectivity index (χ0v) is 21.7. The number of carbonyl (C=O) groups excluding carboxylic acids is 3. The molecule has 38 heavy (non-hydrogen) atoms. The lowest BCUT2D eigenvalue weighted by atomic mass is 9.95. The van der Waals surface area contributed by atoms with E-state index in [9.17, 15) is 19.5 Å². The second-order valence-electron chi connectivity index (χ2n) is 9.41. The Balaban J connectivity index is 1.84. The minimum atomic E-state index is -0.936. The summed E-state index contributed by atoms with van der Waals surface area (Å²) >= 11 is 0. The number of nitrogens with one attached hydrogen (secondary N) is 1. The van der Waals surface area contributed by atoms with Crippen molar-refractivity contribution in [2.45, 2.75) is 26.8 Å². The van der Waals surface area contributed by atoms with Gasteiger partial charge in [0, 0.05) is 23.9 Å². The van der Waals surface area contributed by atoms with Crippen molar-refractivity contribution in [2.24, 2.45) is 5.92 Å². The van der Waals surface area contributed by atoms with Crippen molar-refractivity contribution in [1.82, 2.24) is 0 Å². The van der Waals surface area contributed by atoms with E-state index in [1.54, 1.807) is 72.8 Å². The number of nitrogens with zero attached hydrogens (tertiary/aromatic N) is 1. The van der Waals surface area contributed by atoms with Crippen LogP contribution in [0.2, 0.25) is 0 Å². The molecular formula is C30H30N2O6. The van der Waals surface area contributed by atoms with E-state index >= 15 is 0 Å². The molecule has 0 aliphatic carbocycles. The molecule has 0 saturated carbocycles. The molecule has 1 aliphatic heterocycles. The van der Waals surface area contributed by atoms with Gasteiger partial charge in [0.2, 0.25) is 5.91 Å². The number of benzene rings is 3. The van der Waals surface area contributed by atoms with Crippen molar-refractivity contribution in [3.05, 3.63) is 89.5 Å². The first kappa shape index (κ1) is 26.5. The third-order valence-electron chi connectivity index (χ3n) is 6.01. The molecule has 196 valence electrons. The van der Waals surface area contributed by atoms with Crippen LogP contribution in [-0.2, 0) is 14.4 Å². The molecule has 2 amide bonds. The smallest absolute Gasteiger partial charge is 0.300 e. The number of amides is 2. The largest absolute Gasteiger partial charge is 0.507 e. The molecule has 3 aromatic carbocycles. The summed E-state index contributed by atoms with van der Waals surface area (Å²) in [5.41, 5.74) is 1.76. The van der Waals surface area contributed by atoms with E-state index in [0.29, 0.717) is 46.5 Å². The number of Topliss-reactive ketones (excluding diaryl/α,β-unsaturated/α-hetero) is 1. The quantitative estimate of drug-likeness (QED) is 0.240. The van der Waals surface area contributed by atoms with Gasteiger partial charge in [-0.05, 0) is 66.1 Å². The van der Waals surface area contributed by atoms with Crippen LogP contribution in [0.1, 0.15) is 37.9 Å². The number of aliphatic hydroxyl groups is 1. The topological polar surface area (TPSA) is 105 Å². The highest BCUT2D eigenvalue weighted by Gasteiger charge is 2.47. The van der Waals surface area contributed by atoms with Gasteiger partial charge in [-0.2, -0.15) is 0 Å². The normalized spacial score (nSPS) is 16.6. The minimum Gasteiger partial charge on any atom is -0.507 e. The van der Waals surface area contributed by atoms with E-state index in [2.05, 4.69) is 5.32 Å². The van der Waals surface area contributed by atoms with Gasteiger partial charge in [0.15, 0.2) is 0 Å². The molecule has 1 atom stereocenters. The van der Waals surface area contributed by atoms with Gasteiger partial charge in [-0.3, -0.25) is 19.3 Å². The first-order valence-electron chi connectivity index (χ1n) is 12.3. The molecule has 4 rings (SSSR count). The Morgan fingerprint density at radius 1 is 1.00 bits per heavy atom. The van der Waals surface area contributed by atoms with Gasteiger partial charge in [0.1, 0.15) is 17.3 Å². The predicted octanol–water partition coefficient (Wildman–Crippen LogP) is 5.31. The maximum absolute atomic E-state index is 13.4. The van der Waals surface area contributed by atoms with Gasteiger partial charge in [0.25, 0.3) is 11.7 Å². The van der Waals surface area contributed by atoms with E-state index in [-0.39, 0.29) is 17.2 Å². The average Bonchev–Trinajstić information content (AvgIpc) is 3.17. The van der Waals surface area contributed by atoms with E-state index in [0.717, 1.165) is 0 Å². The zero-order valence-electron chi connectivity index (χ0n) is 21.7. The zero-order chi connectivity index (χ0) is 27.4. The number of aliphatic hydroxyl groups excluding tert-OH is 1. The lowest BCUT2D eigenvalue weighted by molar-refractivity contribution is -0.132. The van der Waals surface area contributed by atoms with Crippen molar-refractivity contribution in [1.29, 1.82) is 0 Å². The van der Waals surface area contributed by atoms with Crippen LogP contribution in [0.3, 0.4) is 0 Å². The maximum atomic E-state index is 13.4. The number of ether oxygens (including phenoxy) is 2. The second-order valence-corrected chi connectivity index (χ2v) is 9.41. The van der Waals surface area contributed by atoms with E-state index in [1.807, 2.05) is 13.8 Å². The molecule has 1 unspecified atom stereocenters. The Morgan fingerprint density at radius 2 is 1.71 bits per heavy atom. The summed E-state index contributed by atoms with van der Waals surface area (Å²) in [7, 11) is 1.52. The Bertz CT molecular complexity index is 1390. The van der Waals surface area contributed by atoms with Crippen LogP contribution in [0.5, 0.6) is 11.5 Å². The maximum Gasteiger partial charge on any atom is 0.300 e. The molecule has 1 fully saturated rings. The number of rotatable bonds is 8. The second kappa shape index (κ2) is 11.2. The molecule has 0 radical (unpaired) electrons. The summed E-state index contributed by atoms with van der Waals surface area (Å²) in [6, 6.07) is 19.4. The summed E-state index contributed by atoms with van der Waals surface area (Å²) in [4.78, 5) is 39.8. The first-order chi connectivity index (χ1) is 18.2. The standard InChI is InChI=1S/C30H30N2O6/c1-18(2)17-38-24-13-11-20(12-14-24)28(34)26-27(21-7-5-10-25(15-21)37-4)32(30(36)29(26)35)23-9-6-8-22(16-23)31-19(3)33/h5-16,18,27,34H,17H2,1-4H3,(H,31,33)/b28-26+. The van der Waals surface area contributed by atoms with Crippen LogP contribution in [-0.4, -0.2) is 36.4 Å². The van der Waals surface area contributed by atoms with E-state index in [1.165, 1.54) is 18.9 Å². The van der Waals surface area contributed by atoms with Gasteiger partial charge in [-0.25, -0.2) is 0 Å². The van der Waals surface area contributed by atoms with Crippen LogP contribution >= 0.6 is 0 Å². The molecule has 0 aromatic heterocycles. The highest BCUT2D eigenvalue weighted by Crippen LogP contribution is 2.43. The van der Waals surface area contributed by atoms with Gasteiger partial charge in [-0.15, -0.1) is 0 Å². The third kappa shape index (κ3) is 5.54. The van der Waals surface area contributed by atoms with E-state index < -0.39 is 17.7 Å². The lowest BCUT2D eigenvalue weighted by Gasteiger charge is -2.26. The highest BCUT2D eigenvalue weighted by atomic mass is 16.5. The van der Waals surface area contributed by atoms with E-state index in [4.69, 9.17) is 9.47 Å². The number of anilines is 2. The van der Waals surface area contributed by atoms with Gasteiger partial charge in [0.05, 0.1) is 25.3 Å². The summed E-state index contributed by atoms with van der Waals surface area (Å²) in [6.07, 6.45) is 0. The van der Waals surface area contributed by atoms with Gasteiger partial charge < -0.3 is 19.9 Å². The molecule has 1 heterocycles. The monoisotopic (exact) mass is 514 g/mol. The Morgan fingerprint density at radius 3 is 2.37 bits per heavy atom. The molecular weight excluding hydrogens is 484 g/mol. The molecule has 8 nitrogen and oxygen atoms in total. The number of hydrogen-bond acceptors (Lipinski definition) is 6. The SMILES string of the molecule is COc1cccc(C2/C(=C(\O)c3ccc(OCC(C)C)cc3)C(=O)C(=O)N2c2cccc(NC(C)=O)c2)c1. The molecule has 0 spiro atoms.